The number of likely N-dealkylation sites (tertiary alicyclic amines) is 1. The first-order valence-electron chi connectivity index (χ1n) is 6.47. The Morgan fingerprint density at radius 1 is 1.35 bits per heavy atom. The van der Waals surface area contributed by atoms with Crippen LogP contribution >= 0.6 is 0 Å². The van der Waals surface area contributed by atoms with Crippen molar-refractivity contribution in [2.24, 2.45) is 7.05 Å². The Bertz CT molecular complexity index is 363. The number of aliphatic hydroxyl groups is 1. The molecule has 0 amide bonds. The van der Waals surface area contributed by atoms with Crippen molar-refractivity contribution in [1.29, 1.82) is 0 Å². The minimum Gasteiger partial charge on any atom is -0.390 e. The van der Waals surface area contributed by atoms with Crippen LogP contribution in [0.15, 0.2) is 12.3 Å². The monoisotopic (exact) mass is 237 g/mol. The van der Waals surface area contributed by atoms with Gasteiger partial charge in [0.2, 0.25) is 0 Å². The molecule has 4 heteroatoms. The Hall–Kier alpha value is -0.870. The molecule has 0 aliphatic carbocycles. The fourth-order valence-corrected chi connectivity index (χ4v) is 2.57. The highest BCUT2D eigenvalue weighted by Gasteiger charge is 2.29. The van der Waals surface area contributed by atoms with Gasteiger partial charge in [-0.2, -0.15) is 5.10 Å². The summed E-state index contributed by atoms with van der Waals surface area (Å²) in [6, 6.07) is 2.03. The van der Waals surface area contributed by atoms with Crippen molar-refractivity contribution in [3.8, 4) is 0 Å². The molecular weight excluding hydrogens is 214 g/mol. The van der Waals surface area contributed by atoms with Gasteiger partial charge >= 0.3 is 0 Å². The van der Waals surface area contributed by atoms with Gasteiger partial charge in [0.05, 0.1) is 5.60 Å². The smallest absolute Gasteiger partial charge is 0.0664 e. The Labute approximate surface area is 103 Å². The van der Waals surface area contributed by atoms with Crippen molar-refractivity contribution in [2.45, 2.75) is 37.7 Å². The van der Waals surface area contributed by atoms with Gasteiger partial charge in [-0.25, -0.2) is 0 Å². The van der Waals surface area contributed by atoms with Crippen molar-refractivity contribution in [1.82, 2.24) is 14.7 Å². The Kier molecular flexibility index (Phi) is 3.84. The molecule has 1 N–H and O–H groups in total. The largest absolute Gasteiger partial charge is 0.390 e. The topological polar surface area (TPSA) is 41.3 Å². The summed E-state index contributed by atoms with van der Waals surface area (Å²) >= 11 is 0. The first kappa shape index (κ1) is 12.6. The number of nitrogens with zero attached hydrogens (tertiary/aromatic N) is 3. The average molecular weight is 237 g/mol. The zero-order valence-corrected chi connectivity index (χ0v) is 10.9. The van der Waals surface area contributed by atoms with E-state index in [4.69, 9.17) is 0 Å². The van der Waals surface area contributed by atoms with E-state index in [-0.39, 0.29) is 0 Å². The molecule has 1 saturated heterocycles. The number of rotatable bonds is 3. The molecular formula is C13H23N3O. The summed E-state index contributed by atoms with van der Waals surface area (Å²) in [6.07, 6.45) is 6.49. The molecule has 0 spiro atoms. The van der Waals surface area contributed by atoms with Gasteiger partial charge in [-0.1, -0.05) is 0 Å². The van der Waals surface area contributed by atoms with Gasteiger partial charge in [-0.05, 0) is 51.8 Å². The van der Waals surface area contributed by atoms with Crippen molar-refractivity contribution >= 4 is 0 Å². The van der Waals surface area contributed by atoms with E-state index in [2.05, 4.69) is 17.0 Å². The number of hydrogen-bond donors (Lipinski definition) is 1. The van der Waals surface area contributed by atoms with Gasteiger partial charge in [0.15, 0.2) is 0 Å². The van der Waals surface area contributed by atoms with Crippen LogP contribution in [0.3, 0.4) is 0 Å². The third-order valence-corrected chi connectivity index (χ3v) is 3.91. The molecule has 0 aromatic carbocycles. The molecule has 1 fully saturated rings. The van der Waals surface area contributed by atoms with Gasteiger partial charge in [0, 0.05) is 25.5 Å². The summed E-state index contributed by atoms with van der Waals surface area (Å²) in [5.41, 5.74) is 0.728. The fraction of sp³-hybridized carbons (Fsp3) is 0.769. The van der Waals surface area contributed by atoms with Crippen molar-refractivity contribution < 1.29 is 5.11 Å². The molecule has 1 atom stereocenters. The minimum absolute atomic E-state index is 0.477. The van der Waals surface area contributed by atoms with Gasteiger partial charge in [0.25, 0.3) is 0 Å². The maximum Gasteiger partial charge on any atom is 0.0664 e. The average Bonchev–Trinajstić information content (AvgIpc) is 2.62. The maximum atomic E-state index is 10.6. The summed E-state index contributed by atoms with van der Waals surface area (Å²) in [7, 11) is 4.09. The van der Waals surface area contributed by atoms with Gasteiger partial charge in [-0.15, -0.1) is 0 Å². The standard InChI is InChI=1S/C13H23N3O/c1-15-10-3-6-13(17,8-11-15)7-4-12-5-9-14-16(12)2/h5,9,17H,3-4,6-8,10-11H2,1-2H3. The minimum atomic E-state index is -0.477. The van der Waals surface area contributed by atoms with E-state index in [1.54, 1.807) is 0 Å². The summed E-state index contributed by atoms with van der Waals surface area (Å²) in [5.74, 6) is 0. The fourth-order valence-electron chi connectivity index (χ4n) is 2.57. The molecule has 0 bridgehead atoms. The highest BCUT2D eigenvalue weighted by molar-refractivity contribution is 5.01. The Balaban J connectivity index is 1.91. The van der Waals surface area contributed by atoms with Crippen LogP contribution in [0, 0.1) is 0 Å². The van der Waals surface area contributed by atoms with Crippen LogP contribution in [0.1, 0.15) is 31.4 Å². The zero-order valence-electron chi connectivity index (χ0n) is 10.9. The highest BCUT2D eigenvalue weighted by atomic mass is 16.3. The lowest BCUT2D eigenvalue weighted by molar-refractivity contribution is 0.0174. The van der Waals surface area contributed by atoms with Crippen LogP contribution in [0.25, 0.3) is 0 Å². The van der Waals surface area contributed by atoms with E-state index < -0.39 is 5.60 Å². The van der Waals surface area contributed by atoms with Gasteiger partial charge < -0.3 is 10.0 Å². The number of aromatic nitrogens is 2. The molecule has 1 unspecified atom stereocenters. The van der Waals surface area contributed by atoms with Crippen LogP contribution in [0.2, 0.25) is 0 Å². The van der Waals surface area contributed by atoms with Crippen LogP contribution in [0.4, 0.5) is 0 Å². The predicted octanol–water partition coefficient (Wildman–Crippen LogP) is 1.20. The molecule has 1 aliphatic rings. The van der Waals surface area contributed by atoms with Crippen molar-refractivity contribution in [2.75, 3.05) is 20.1 Å². The second kappa shape index (κ2) is 5.19. The van der Waals surface area contributed by atoms with Crippen molar-refractivity contribution in [3.05, 3.63) is 18.0 Å². The van der Waals surface area contributed by atoms with E-state index in [1.807, 2.05) is 24.0 Å². The SMILES string of the molecule is CN1CCCC(O)(CCc2ccnn2C)CC1. The number of hydrogen-bond acceptors (Lipinski definition) is 3. The molecule has 2 heterocycles. The van der Waals surface area contributed by atoms with Crippen LogP contribution < -0.4 is 0 Å². The molecule has 1 aliphatic heterocycles. The third kappa shape index (κ3) is 3.30. The number of aryl methyl sites for hydroxylation is 2. The van der Waals surface area contributed by atoms with Gasteiger partial charge in [-0.3, -0.25) is 4.68 Å². The highest BCUT2D eigenvalue weighted by Crippen LogP contribution is 2.26. The second-order valence-corrected chi connectivity index (χ2v) is 5.33. The van der Waals surface area contributed by atoms with Crippen LogP contribution in [-0.2, 0) is 13.5 Å². The van der Waals surface area contributed by atoms with Crippen molar-refractivity contribution in [3.63, 3.8) is 0 Å². The van der Waals surface area contributed by atoms with E-state index >= 15 is 0 Å². The lowest BCUT2D eigenvalue weighted by atomic mass is 9.89. The van der Waals surface area contributed by atoms with Gasteiger partial charge in [0.1, 0.15) is 0 Å². The van der Waals surface area contributed by atoms with E-state index in [9.17, 15) is 5.11 Å². The summed E-state index contributed by atoms with van der Waals surface area (Å²) in [5, 5.41) is 14.8. The molecule has 1 aromatic heterocycles. The first-order chi connectivity index (χ1) is 8.09. The quantitative estimate of drug-likeness (QED) is 0.859. The third-order valence-electron chi connectivity index (χ3n) is 3.91. The normalized spacial score (nSPS) is 27.0. The molecule has 96 valence electrons. The molecule has 4 nitrogen and oxygen atoms in total. The van der Waals surface area contributed by atoms with Crippen LogP contribution in [0.5, 0.6) is 0 Å². The summed E-state index contributed by atoms with van der Waals surface area (Å²) in [6.45, 7) is 2.11. The molecule has 1 aromatic rings. The molecule has 0 radical (unpaired) electrons. The molecule has 0 saturated carbocycles. The maximum absolute atomic E-state index is 10.6. The molecule has 2 rings (SSSR count). The second-order valence-electron chi connectivity index (χ2n) is 5.33. The van der Waals surface area contributed by atoms with Crippen LogP contribution in [-0.4, -0.2) is 45.5 Å². The zero-order chi connectivity index (χ0) is 12.3. The lowest BCUT2D eigenvalue weighted by Crippen LogP contribution is -2.31. The van der Waals surface area contributed by atoms with E-state index in [1.165, 1.54) is 5.69 Å². The molecule has 17 heavy (non-hydrogen) atoms. The van der Waals surface area contributed by atoms with E-state index in [0.29, 0.717) is 0 Å². The Morgan fingerprint density at radius 2 is 2.18 bits per heavy atom. The first-order valence-corrected chi connectivity index (χ1v) is 6.47. The Morgan fingerprint density at radius 3 is 2.88 bits per heavy atom. The lowest BCUT2D eigenvalue weighted by Gasteiger charge is -2.26. The summed E-state index contributed by atoms with van der Waals surface area (Å²) in [4.78, 5) is 2.31. The van der Waals surface area contributed by atoms with E-state index in [0.717, 1.165) is 45.2 Å². The summed E-state index contributed by atoms with van der Waals surface area (Å²) < 4.78 is 1.90. The predicted molar refractivity (Wildman–Crippen MR) is 67.8 cm³/mol.